The third-order valence-electron chi connectivity index (χ3n) is 2.43. The summed E-state index contributed by atoms with van der Waals surface area (Å²) in [6.07, 6.45) is 0. The summed E-state index contributed by atoms with van der Waals surface area (Å²) in [5, 5.41) is 8.70. The smallest absolute Gasteiger partial charge is 0.153 e. The Morgan fingerprint density at radius 2 is 1.72 bits per heavy atom. The minimum Gasteiger partial charge on any atom is -0.497 e. The van der Waals surface area contributed by atoms with Crippen molar-refractivity contribution in [3.05, 3.63) is 48.0 Å². The fourth-order valence-corrected chi connectivity index (χ4v) is 1.45. The quantitative estimate of drug-likeness (QED) is 0.837. The largest absolute Gasteiger partial charge is 0.497 e. The summed E-state index contributed by atoms with van der Waals surface area (Å²) in [5.74, 6) is 1.82. The zero-order valence-electron chi connectivity index (χ0n) is 9.88. The van der Waals surface area contributed by atoms with Gasteiger partial charge in [-0.2, -0.15) is 5.26 Å². The van der Waals surface area contributed by atoms with Crippen LogP contribution in [0.5, 0.6) is 17.2 Å². The molecule has 0 aromatic heterocycles. The Balaban J connectivity index is 2.25. The molecule has 18 heavy (non-hydrogen) atoms. The van der Waals surface area contributed by atoms with Gasteiger partial charge in [0, 0.05) is 6.07 Å². The molecule has 0 heterocycles. The number of hydrogen-bond acceptors (Lipinski definition) is 4. The molecule has 0 amide bonds. The number of nitrogen functional groups attached to an aromatic ring is 1. The highest BCUT2D eigenvalue weighted by molar-refractivity contribution is 5.57. The lowest BCUT2D eigenvalue weighted by Crippen LogP contribution is -1.93. The maximum absolute atomic E-state index is 8.70. The van der Waals surface area contributed by atoms with Gasteiger partial charge in [-0.1, -0.05) is 0 Å². The summed E-state index contributed by atoms with van der Waals surface area (Å²) in [5.41, 5.74) is 6.93. The van der Waals surface area contributed by atoms with Crippen LogP contribution in [0.15, 0.2) is 42.5 Å². The first-order valence-corrected chi connectivity index (χ1v) is 5.34. The minimum absolute atomic E-state index is 0.527. The van der Waals surface area contributed by atoms with Gasteiger partial charge in [0.15, 0.2) is 5.75 Å². The Bertz CT molecular complexity index is 586. The predicted molar refractivity (Wildman–Crippen MR) is 68.6 cm³/mol. The molecule has 0 aliphatic carbocycles. The van der Waals surface area contributed by atoms with Gasteiger partial charge >= 0.3 is 0 Å². The van der Waals surface area contributed by atoms with Crippen molar-refractivity contribution in [3.8, 4) is 23.3 Å². The van der Waals surface area contributed by atoms with Crippen LogP contribution in [-0.4, -0.2) is 7.11 Å². The van der Waals surface area contributed by atoms with Crippen LogP contribution in [0.1, 0.15) is 5.56 Å². The SMILES string of the molecule is COc1ccc(N)c(Oc2ccc(C#N)cc2)c1. The molecule has 0 radical (unpaired) electrons. The topological polar surface area (TPSA) is 68.3 Å². The predicted octanol–water partition coefficient (Wildman–Crippen LogP) is 2.94. The van der Waals surface area contributed by atoms with Crippen molar-refractivity contribution in [1.29, 1.82) is 5.26 Å². The van der Waals surface area contributed by atoms with Crippen molar-refractivity contribution in [2.24, 2.45) is 0 Å². The highest BCUT2D eigenvalue weighted by Crippen LogP contribution is 2.31. The van der Waals surface area contributed by atoms with Crippen LogP contribution in [0.3, 0.4) is 0 Å². The molecule has 2 N–H and O–H groups in total. The lowest BCUT2D eigenvalue weighted by Gasteiger charge is -2.09. The van der Waals surface area contributed by atoms with Crippen LogP contribution in [0.2, 0.25) is 0 Å². The van der Waals surface area contributed by atoms with Gasteiger partial charge in [0.1, 0.15) is 11.5 Å². The van der Waals surface area contributed by atoms with Gasteiger partial charge in [-0.15, -0.1) is 0 Å². The van der Waals surface area contributed by atoms with Crippen molar-refractivity contribution >= 4 is 5.69 Å². The van der Waals surface area contributed by atoms with Crippen LogP contribution in [0.25, 0.3) is 0 Å². The van der Waals surface area contributed by atoms with E-state index in [4.69, 9.17) is 20.5 Å². The number of nitriles is 1. The van der Waals surface area contributed by atoms with E-state index in [0.29, 0.717) is 28.5 Å². The van der Waals surface area contributed by atoms with Gasteiger partial charge in [0.2, 0.25) is 0 Å². The molecule has 0 saturated carbocycles. The van der Waals surface area contributed by atoms with Crippen LogP contribution in [-0.2, 0) is 0 Å². The first-order valence-electron chi connectivity index (χ1n) is 5.34. The number of anilines is 1. The number of nitrogens with two attached hydrogens (primary N) is 1. The molecule has 4 heteroatoms. The molecule has 0 atom stereocenters. The van der Waals surface area contributed by atoms with E-state index in [-0.39, 0.29) is 0 Å². The molecule has 0 aliphatic heterocycles. The molecular weight excluding hydrogens is 228 g/mol. The third-order valence-corrected chi connectivity index (χ3v) is 2.43. The van der Waals surface area contributed by atoms with Gasteiger partial charge in [-0.25, -0.2) is 0 Å². The van der Waals surface area contributed by atoms with Crippen molar-refractivity contribution in [2.45, 2.75) is 0 Å². The maximum Gasteiger partial charge on any atom is 0.153 e. The van der Waals surface area contributed by atoms with Gasteiger partial charge in [-0.3, -0.25) is 0 Å². The van der Waals surface area contributed by atoms with E-state index in [0.717, 1.165) is 0 Å². The van der Waals surface area contributed by atoms with Crippen molar-refractivity contribution in [2.75, 3.05) is 12.8 Å². The Morgan fingerprint density at radius 3 is 2.33 bits per heavy atom. The Labute approximate surface area is 105 Å². The first-order chi connectivity index (χ1) is 8.72. The number of rotatable bonds is 3. The van der Waals surface area contributed by atoms with Crippen LogP contribution >= 0.6 is 0 Å². The Kier molecular flexibility index (Phi) is 3.35. The van der Waals surface area contributed by atoms with Gasteiger partial charge in [0.25, 0.3) is 0 Å². The second kappa shape index (κ2) is 5.11. The Morgan fingerprint density at radius 1 is 1.06 bits per heavy atom. The molecule has 0 saturated heterocycles. The molecule has 0 spiro atoms. The Hall–Kier alpha value is -2.67. The molecule has 0 unspecified atom stereocenters. The van der Waals surface area contributed by atoms with Gasteiger partial charge in [0.05, 0.1) is 24.4 Å². The lowest BCUT2D eigenvalue weighted by molar-refractivity contribution is 0.409. The standard InChI is InChI=1S/C14H12N2O2/c1-17-12-6-7-13(16)14(8-12)18-11-4-2-10(9-15)3-5-11/h2-8H,16H2,1H3. The highest BCUT2D eigenvalue weighted by Gasteiger charge is 2.04. The van der Waals surface area contributed by atoms with E-state index in [1.165, 1.54) is 0 Å². The molecule has 2 rings (SSSR count). The monoisotopic (exact) mass is 240 g/mol. The lowest BCUT2D eigenvalue weighted by atomic mass is 10.2. The number of hydrogen-bond donors (Lipinski definition) is 1. The summed E-state index contributed by atoms with van der Waals surface area (Å²) < 4.78 is 10.7. The van der Waals surface area contributed by atoms with Crippen LogP contribution in [0.4, 0.5) is 5.69 Å². The maximum atomic E-state index is 8.70. The molecule has 2 aromatic rings. The molecule has 2 aromatic carbocycles. The third kappa shape index (κ3) is 2.53. The van der Waals surface area contributed by atoms with Gasteiger partial charge < -0.3 is 15.2 Å². The van der Waals surface area contributed by atoms with Crippen molar-refractivity contribution in [3.63, 3.8) is 0 Å². The van der Waals surface area contributed by atoms with Crippen molar-refractivity contribution in [1.82, 2.24) is 0 Å². The summed E-state index contributed by atoms with van der Waals surface area (Å²) in [7, 11) is 1.58. The van der Waals surface area contributed by atoms with E-state index in [1.807, 2.05) is 6.07 Å². The number of ether oxygens (including phenoxy) is 2. The van der Waals surface area contributed by atoms with E-state index in [2.05, 4.69) is 0 Å². The molecule has 90 valence electrons. The van der Waals surface area contributed by atoms with E-state index in [9.17, 15) is 0 Å². The molecule has 0 bridgehead atoms. The van der Waals surface area contributed by atoms with Gasteiger partial charge in [-0.05, 0) is 36.4 Å². The fourth-order valence-electron chi connectivity index (χ4n) is 1.45. The second-order valence-electron chi connectivity index (χ2n) is 3.64. The van der Waals surface area contributed by atoms with E-state index < -0.39 is 0 Å². The second-order valence-corrected chi connectivity index (χ2v) is 3.64. The number of methoxy groups -OCH3 is 1. The fraction of sp³-hybridized carbons (Fsp3) is 0.0714. The number of benzene rings is 2. The molecular formula is C14H12N2O2. The average Bonchev–Trinajstić information content (AvgIpc) is 2.42. The van der Waals surface area contributed by atoms with Crippen molar-refractivity contribution < 1.29 is 9.47 Å². The molecule has 4 nitrogen and oxygen atoms in total. The molecule has 0 fully saturated rings. The zero-order valence-corrected chi connectivity index (χ0v) is 9.88. The van der Waals surface area contributed by atoms with E-state index in [1.54, 1.807) is 49.6 Å². The normalized spacial score (nSPS) is 9.56. The summed E-state index contributed by atoms with van der Waals surface area (Å²) >= 11 is 0. The minimum atomic E-state index is 0.527. The summed E-state index contributed by atoms with van der Waals surface area (Å²) in [6, 6.07) is 14.1. The van der Waals surface area contributed by atoms with Crippen LogP contribution < -0.4 is 15.2 Å². The highest BCUT2D eigenvalue weighted by atomic mass is 16.5. The molecule has 0 aliphatic rings. The zero-order chi connectivity index (χ0) is 13.0. The number of nitrogens with zero attached hydrogens (tertiary/aromatic N) is 1. The summed E-state index contributed by atoms with van der Waals surface area (Å²) in [6.45, 7) is 0. The van der Waals surface area contributed by atoms with Crippen LogP contribution in [0, 0.1) is 11.3 Å². The van der Waals surface area contributed by atoms with E-state index >= 15 is 0 Å². The average molecular weight is 240 g/mol. The first kappa shape index (κ1) is 11.8. The summed E-state index contributed by atoms with van der Waals surface area (Å²) in [4.78, 5) is 0.